The number of alkyl halides is 2. The highest BCUT2D eigenvalue weighted by molar-refractivity contribution is 7.18. The maximum atomic E-state index is 13.3. The molecule has 1 fully saturated rings. The summed E-state index contributed by atoms with van der Waals surface area (Å²) in [5.41, 5.74) is 10.2. The third-order valence-electron chi connectivity index (χ3n) is 5.60. The number of rotatable bonds is 7. The summed E-state index contributed by atoms with van der Waals surface area (Å²) in [4.78, 5) is 22.7. The highest BCUT2D eigenvalue weighted by Gasteiger charge is 2.23. The molecule has 6 nitrogen and oxygen atoms in total. The number of piperazine rings is 1. The molecule has 2 aromatic carbocycles. The number of nitrogens with two attached hydrogens (primary N) is 1. The van der Waals surface area contributed by atoms with E-state index in [1.165, 1.54) is 17.0 Å². The van der Waals surface area contributed by atoms with Gasteiger partial charge in [-0.15, -0.1) is 23.2 Å². The van der Waals surface area contributed by atoms with E-state index >= 15 is 0 Å². The first kappa shape index (κ1) is 22.9. The molecule has 0 radical (unpaired) electrons. The molecule has 168 valence electrons. The molecular formula is C23H25Cl2N5OS. The molecule has 0 atom stereocenters. The number of hydrogen-bond donors (Lipinski definition) is 2. The summed E-state index contributed by atoms with van der Waals surface area (Å²) in [7, 11) is 2.15. The molecule has 9 heteroatoms. The van der Waals surface area contributed by atoms with Crippen LogP contribution in [0.2, 0.25) is 0 Å². The number of likely N-dealkylation sites (N-methyl/N-ethyl adjacent to an activating group) is 1. The van der Waals surface area contributed by atoms with Crippen molar-refractivity contribution in [2.75, 3.05) is 49.2 Å². The van der Waals surface area contributed by atoms with Crippen LogP contribution in [0.15, 0.2) is 42.5 Å². The SMILES string of the molecule is CN1CCN(c2ccc(Nc3nc(N)c(C(=O)c4c(CCl)cccc4CCl)s3)cc2)CC1. The van der Waals surface area contributed by atoms with Gasteiger partial charge in [-0.2, -0.15) is 0 Å². The molecule has 0 saturated carbocycles. The van der Waals surface area contributed by atoms with Crippen LogP contribution in [0.5, 0.6) is 0 Å². The van der Waals surface area contributed by atoms with Gasteiger partial charge >= 0.3 is 0 Å². The quantitative estimate of drug-likeness (QED) is 0.362. The van der Waals surface area contributed by atoms with Gasteiger partial charge in [-0.25, -0.2) is 4.98 Å². The zero-order valence-electron chi connectivity index (χ0n) is 17.8. The lowest BCUT2D eigenvalue weighted by atomic mass is 9.98. The van der Waals surface area contributed by atoms with Crippen LogP contribution in [-0.2, 0) is 11.8 Å². The van der Waals surface area contributed by atoms with E-state index in [-0.39, 0.29) is 23.4 Å². The maximum absolute atomic E-state index is 13.3. The predicted octanol–water partition coefficient (Wildman–Crippen LogP) is 4.93. The molecule has 1 saturated heterocycles. The number of thiazole rings is 1. The molecule has 3 N–H and O–H groups in total. The number of carbonyl (C=O) groups excluding carboxylic acids is 1. The standard InChI is InChI=1S/C23H25Cl2N5OS/c1-29-9-11-30(12-10-29)18-7-5-17(6-8-18)27-23-28-22(26)21(32-23)20(31)19-15(13-24)3-2-4-16(19)14-25/h2-8H,9-14,26H2,1H3,(H,27,28). The maximum Gasteiger partial charge on any atom is 0.207 e. The molecule has 0 aliphatic carbocycles. The number of carbonyl (C=O) groups is 1. The monoisotopic (exact) mass is 489 g/mol. The smallest absolute Gasteiger partial charge is 0.207 e. The Morgan fingerprint density at radius 1 is 1.06 bits per heavy atom. The summed E-state index contributed by atoms with van der Waals surface area (Å²) in [6.07, 6.45) is 0. The molecule has 0 bridgehead atoms. The zero-order chi connectivity index (χ0) is 22.7. The minimum atomic E-state index is -0.203. The van der Waals surface area contributed by atoms with E-state index in [1.54, 1.807) is 0 Å². The Labute approximate surface area is 201 Å². The van der Waals surface area contributed by atoms with Crippen molar-refractivity contribution < 1.29 is 4.79 Å². The molecule has 0 amide bonds. The van der Waals surface area contributed by atoms with Gasteiger partial charge in [0.2, 0.25) is 5.78 Å². The van der Waals surface area contributed by atoms with Crippen LogP contribution in [0.1, 0.15) is 26.4 Å². The van der Waals surface area contributed by atoms with Crippen LogP contribution in [0.3, 0.4) is 0 Å². The van der Waals surface area contributed by atoms with Gasteiger partial charge in [0.05, 0.1) is 0 Å². The van der Waals surface area contributed by atoms with Crippen LogP contribution in [0.4, 0.5) is 22.3 Å². The van der Waals surface area contributed by atoms with Gasteiger partial charge in [0.25, 0.3) is 0 Å². The number of benzene rings is 2. The molecule has 2 heterocycles. The number of anilines is 4. The average molecular weight is 490 g/mol. The Balaban J connectivity index is 1.51. The number of aromatic nitrogens is 1. The second-order valence-electron chi connectivity index (χ2n) is 7.74. The Morgan fingerprint density at radius 2 is 1.69 bits per heavy atom. The van der Waals surface area contributed by atoms with Gasteiger partial charge < -0.3 is 20.9 Å². The summed E-state index contributed by atoms with van der Waals surface area (Å²) in [5, 5.41) is 3.83. The first-order valence-corrected chi connectivity index (χ1v) is 12.2. The average Bonchev–Trinajstić information content (AvgIpc) is 3.18. The lowest BCUT2D eigenvalue weighted by Crippen LogP contribution is -2.44. The van der Waals surface area contributed by atoms with Crippen molar-refractivity contribution in [2.24, 2.45) is 0 Å². The van der Waals surface area contributed by atoms with E-state index < -0.39 is 0 Å². The van der Waals surface area contributed by atoms with Crippen molar-refractivity contribution >= 4 is 62.6 Å². The third-order valence-corrected chi connectivity index (χ3v) is 7.16. The van der Waals surface area contributed by atoms with Crippen LogP contribution in [-0.4, -0.2) is 48.9 Å². The highest BCUT2D eigenvalue weighted by atomic mass is 35.5. The molecule has 4 rings (SSSR count). The van der Waals surface area contributed by atoms with Crippen molar-refractivity contribution in [2.45, 2.75) is 11.8 Å². The summed E-state index contributed by atoms with van der Waals surface area (Å²) in [6.45, 7) is 4.17. The highest BCUT2D eigenvalue weighted by Crippen LogP contribution is 2.32. The summed E-state index contributed by atoms with van der Waals surface area (Å²) >= 11 is 13.4. The number of nitrogen functional groups attached to an aromatic ring is 1. The Morgan fingerprint density at radius 3 is 2.28 bits per heavy atom. The van der Waals surface area contributed by atoms with E-state index in [0.29, 0.717) is 15.6 Å². The third kappa shape index (κ3) is 4.86. The molecular weight excluding hydrogens is 465 g/mol. The molecule has 32 heavy (non-hydrogen) atoms. The number of nitrogens with zero attached hydrogens (tertiary/aromatic N) is 3. The number of halogens is 2. The van der Waals surface area contributed by atoms with Crippen molar-refractivity contribution in [1.82, 2.24) is 9.88 Å². The fraction of sp³-hybridized carbons (Fsp3) is 0.304. The second-order valence-corrected chi connectivity index (χ2v) is 9.28. The largest absolute Gasteiger partial charge is 0.382 e. The van der Waals surface area contributed by atoms with Crippen LogP contribution < -0.4 is 16.0 Å². The second kappa shape index (κ2) is 10.1. The van der Waals surface area contributed by atoms with Gasteiger partial charge in [-0.3, -0.25) is 4.79 Å². The van der Waals surface area contributed by atoms with Crippen molar-refractivity contribution in [3.63, 3.8) is 0 Å². The topological polar surface area (TPSA) is 74.5 Å². The van der Waals surface area contributed by atoms with E-state index in [0.717, 1.165) is 43.0 Å². The summed E-state index contributed by atoms with van der Waals surface area (Å²) in [6, 6.07) is 13.7. The van der Waals surface area contributed by atoms with Crippen molar-refractivity contribution in [3.8, 4) is 0 Å². The van der Waals surface area contributed by atoms with Gasteiger partial charge in [0.1, 0.15) is 10.7 Å². The van der Waals surface area contributed by atoms with Crippen LogP contribution in [0.25, 0.3) is 0 Å². The normalized spacial score (nSPS) is 14.5. The first-order chi connectivity index (χ1) is 15.5. The minimum absolute atomic E-state index is 0.196. The number of nitrogens with one attached hydrogen (secondary N) is 1. The molecule has 1 aliphatic heterocycles. The Kier molecular flexibility index (Phi) is 7.20. The zero-order valence-corrected chi connectivity index (χ0v) is 20.1. The first-order valence-electron chi connectivity index (χ1n) is 10.3. The van der Waals surface area contributed by atoms with E-state index in [4.69, 9.17) is 28.9 Å². The fourth-order valence-corrected chi connectivity index (χ4v) is 5.07. The molecule has 1 aliphatic rings. The molecule has 0 spiro atoms. The summed E-state index contributed by atoms with van der Waals surface area (Å²) in [5.74, 6) is 0.427. The van der Waals surface area contributed by atoms with Gasteiger partial charge in [0, 0.05) is 54.9 Å². The molecule has 0 unspecified atom stereocenters. The van der Waals surface area contributed by atoms with Crippen molar-refractivity contribution in [3.05, 3.63) is 64.0 Å². The lowest BCUT2D eigenvalue weighted by molar-refractivity contribution is 0.104. The van der Waals surface area contributed by atoms with E-state index in [1.807, 2.05) is 30.3 Å². The lowest BCUT2D eigenvalue weighted by Gasteiger charge is -2.34. The minimum Gasteiger partial charge on any atom is -0.382 e. The van der Waals surface area contributed by atoms with Crippen LogP contribution >= 0.6 is 34.5 Å². The molecule has 3 aromatic rings. The number of hydrogen-bond acceptors (Lipinski definition) is 7. The van der Waals surface area contributed by atoms with Gasteiger partial charge in [-0.1, -0.05) is 29.5 Å². The number of ketones is 1. The van der Waals surface area contributed by atoms with Crippen molar-refractivity contribution in [1.29, 1.82) is 0 Å². The molecule has 1 aromatic heterocycles. The van der Waals surface area contributed by atoms with Crippen LogP contribution in [0, 0.1) is 0 Å². The van der Waals surface area contributed by atoms with Gasteiger partial charge in [0.15, 0.2) is 5.13 Å². The van der Waals surface area contributed by atoms with E-state index in [2.05, 4.69) is 39.3 Å². The Bertz CT molecular complexity index is 1070. The predicted molar refractivity (Wildman–Crippen MR) is 135 cm³/mol. The van der Waals surface area contributed by atoms with Gasteiger partial charge in [-0.05, 0) is 42.4 Å². The summed E-state index contributed by atoms with van der Waals surface area (Å²) < 4.78 is 0. The Hall–Kier alpha value is -2.32. The fourth-order valence-electron chi connectivity index (χ4n) is 3.77. The van der Waals surface area contributed by atoms with E-state index in [9.17, 15) is 4.79 Å².